The van der Waals surface area contributed by atoms with Crippen molar-refractivity contribution in [2.45, 2.75) is 18.8 Å². The summed E-state index contributed by atoms with van der Waals surface area (Å²) in [5.74, 6) is -0.0716. The van der Waals surface area contributed by atoms with Gasteiger partial charge in [0.05, 0.1) is 4.91 Å². The second kappa shape index (κ2) is 7.11. The summed E-state index contributed by atoms with van der Waals surface area (Å²) in [5.41, 5.74) is 3.03. The van der Waals surface area contributed by atoms with E-state index in [0.717, 1.165) is 17.7 Å². The van der Waals surface area contributed by atoms with Crippen LogP contribution in [0.1, 0.15) is 18.1 Å². The molecule has 118 valence electrons. The fourth-order valence-electron chi connectivity index (χ4n) is 2.30. The predicted molar refractivity (Wildman–Crippen MR) is 98.4 cm³/mol. The van der Waals surface area contributed by atoms with Gasteiger partial charge in [0.1, 0.15) is 0 Å². The van der Waals surface area contributed by atoms with E-state index in [0.29, 0.717) is 9.93 Å². The molecule has 0 spiro atoms. The van der Waals surface area contributed by atoms with Crippen molar-refractivity contribution in [1.29, 1.82) is 0 Å². The largest absolute Gasteiger partial charge is 0.357 e. The third-order valence-corrected chi connectivity index (χ3v) is 4.80. The van der Waals surface area contributed by atoms with Crippen LogP contribution >= 0.6 is 23.4 Å². The Morgan fingerprint density at radius 2 is 2.04 bits per heavy atom. The Morgan fingerprint density at radius 1 is 1.26 bits per heavy atom. The number of benzene rings is 2. The number of anilines is 1. The number of thioether (sulfide) groups is 1. The molecule has 5 heteroatoms. The van der Waals surface area contributed by atoms with E-state index >= 15 is 0 Å². The van der Waals surface area contributed by atoms with E-state index in [1.54, 1.807) is 0 Å². The summed E-state index contributed by atoms with van der Waals surface area (Å²) in [7, 11) is 0. The van der Waals surface area contributed by atoms with E-state index in [4.69, 9.17) is 11.6 Å². The molecule has 1 fully saturated rings. The lowest BCUT2D eigenvalue weighted by Gasteiger charge is -2.12. The van der Waals surface area contributed by atoms with Crippen LogP contribution in [-0.2, 0) is 11.2 Å². The summed E-state index contributed by atoms with van der Waals surface area (Å²) < 4.78 is 0. The number of hydrogen-bond donors (Lipinski definition) is 2. The number of amides is 1. The third kappa shape index (κ3) is 4.09. The van der Waals surface area contributed by atoms with Crippen molar-refractivity contribution >= 4 is 41.0 Å². The number of halogens is 1. The van der Waals surface area contributed by atoms with Crippen molar-refractivity contribution in [3.63, 3.8) is 0 Å². The minimum atomic E-state index is -0.166. The van der Waals surface area contributed by atoms with Crippen molar-refractivity contribution in [3.05, 3.63) is 69.6 Å². The van der Waals surface area contributed by atoms with E-state index in [2.05, 4.69) is 29.7 Å². The topological polar surface area (TPSA) is 41.1 Å². The molecule has 0 radical (unpaired) electrons. The highest BCUT2D eigenvalue weighted by molar-refractivity contribution is 8.05. The zero-order valence-electron chi connectivity index (χ0n) is 12.7. The van der Waals surface area contributed by atoms with E-state index in [1.807, 2.05) is 42.5 Å². The Kier molecular flexibility index (Phi) is 4.94. The van der Waals surface area contributed by atoms with Crippen LogP contribution in [0.15, 0.2) is 53.4 Å². The monoisotopic (exact) mass is 344 g/mol. The van der Waals surface area contributed by atoms with Crippen LogP contribution in [0.2, 0.25) is 5.02 Å². The molecule has 1 heterocycles. The van der Waals surface area contributed by atoms with Crippen LogP contribution in [0, 0.1) is 0 Å². The Hall–Kier alpha value is -1.91. The van der Waals surface area contributed by atoms with Crippen LogP contribution in [0.5, 0.6) is 0 Å². The summed E-state index contributed by atoms with van der Waals surface area (Å²) in [6, 6.07) is 15.7. The summed E-state index contributed by atoms with van der Waals surface area (Å²) in [6.07, 6.45) is 2.87. The molecule has 2 N–H and O–H groups in total. The second-order valence-electron chi connectivity index (χ2n) is 5.23. The van der Waals surface area contributed by atoms with E-state index in [-0.39, 0.29) is 11.4 Å². The molecule has 1 saturated heterocycles. The van der Waals surface area contributed by atoms with Gasteiger partial charge in [0.2, 0.25) is 0 Å². The number of carbonyl (C=O) groups excluding carboxylic acids is 1. The van der Waals surface area contributed by atoms with E-state index in [1.165, 1.54) is 17.3 Å². The third-order valence-electron chi connectivity index (χ3n) is 3.54. The summed E-state index contributed by atoms with van der Waals surface area (Å²) in [6.45, 7) is 2.13. The summed E-state index contributed by atoms with van der Waals surface area (Å²) >= 11 is 7.45. The highest BCUT2D eigenvalue weighted by Gasteiger charge is 2.27. The van der Waals surface area contributed by atoms with Crippen LogP contribution in [0.25, 0.3) is 6.08 Å². The zero-order chi connectivity index (χ0) is 16.2. The molecular weight excluding hydrogens is 328 g/mol. The molecule has 0 bridgehead atoms. The predicted octanol–water partition coefficient (Wildman–Crippen LogP) is 4.50. The lowest BCUT2D eigenvalue weighted by molar-refractivity contribution is -0.116. The zero-order valence-corrected chi connectivity index (χ0v) is 14.2. The van der Waals surface area contributed by atoms with Crippen LogP contribution in [-0.4, -0.2) is 11.4 Å². The lowest BCUT2D eigenvalue weighted by atomic mass is 10.1. The van der Waals surface area contributed by atoms with Gasteiger partial charge in [-0.2, -0.15) is 0 Å². The number of nitrogens with one attached hydrogen (secondary N) is 2. The maximum atomic E-state index is 12.1. The first-order valence-electron chi connectivity index (χ1n) is 7.44. The van der Waals surface area contributed by atoms with E-state index < -0.39 is 0 Å². The Labute approximate surface area is 145 Å². The van der Waals surface area contributed by atoms with Gasteiger partial charge < -0.3 is 10.6 Å². The fraction of sp³-hybridized carbons (Fsp3) is 0.167. The molecule has 0 saturated carbocycles. The smallest absolute Gasteiger partial charge is 0.260 e. The molecular formula is C18H17ClN2OS. The molecule has 1 aliphatic rings. The van der Waals surface area contributed by atoms with Crippen LogP contribution < -0.4 is 10.6 Å². The van der Waals surface area contributed by atoms with Gasteiger partial charge in [-0.25, -0.2) is 0 Å². The molecule has 1 atom stereocenters. The van der Waals surface area contributed by atoms with Crippen LogP contribution in [0.4, 0.5) is 5.69 Å². The molecule has 3 rings (SSSR count). The number of aryl methyl sites for hydroxylation is 1. The SMILES string of the molecule is CCc1ccc(N[C@@H]2NC(=O)/C(=C/c3cccc(Cl)c3)S2)cc1. The average molecular weight is 345 g/mol. The lowest BCUT2D eigenvalue weighted by Crippen LogP contribution is -2.30. The normalized spacial score (nSPS) is 19.0. The Morgan fingerprint density at radius 3 is 2.74 bits per heavy atom. The standard InChI is InChI=1S/C18H17ClN2OS/c1-2-12-6-8-15(9-7-12)20-18-21-17(22)16(23-18)11-13-4-3-5-14(19)10-13/h3-11,18,20H,2H2,1H3,(H,21,22)/b16-11-/t18-/m1/s1. The van der Waals surface area contributed by atoms with Gasteiger partial charge in [0.25, 0.3) is 5.91 Å². The first-order chi connectivity index (χ1) is 11.1. The molecule has 1 aliphatic heterocycles. The molecule has 2 aromatic rings. The number of carbonyl (C=O) groups is 1. The van der Waals surface area contributed by atoms with Gasteiger partial charge in [-0.05, 0) is 47.9 Å². The molecule has 2 aromatic carbocycles. The quantitative estimate of drug-likeness (QED) is 0.802. The average Bonchev–Trinajstić information content (AvgIpc) is 2.87. The summed E-state index contributed by atoms with van der Waals surface area (Å²) in [5, 5.41) is 6.90. The maximum absolute atomic E-state index is 12.1. The molecule has 23 heavy (non-hydrogen) atoms. The highest BCUT2D eigenvalue weighted by Crippen LogP contribution is 2.30. The first kappa shape index (κ1) is 16.0. The molecule has 1 amide bonds. The maximum Gasteiger partial charge on any atom is 0.260 e. The first-order valence-corrected chi connectivity index (χ1v) is 8.70. The second-order valence-corrected chi connectivity index (χ2v) is 6.81. The van der Waals surface area contributed by atoms with Gasteiger partial charge in [0.15, 0.2) is 5.50 Å². The van der Waals surface area contributed by atoms with Gasteiger partial charge >= 0.3 is 0 Å². The highest BCUT2D eigenvalue weighted by atomic mass is 35.5. The van der Waals surface area contributed by atoms with Gasteiger partial charge in [0, 0.05) is 10.7 Å². The van der Waals surface area contributed by atoms with Crippen molar-refractivity contribution in [2.75, 3.05) is 5.32 Å². The van der Waals surface area contributed by atoms with Crippen molar-refractivity contribution in [2.24, 2.45) is 0 Å². The van der Waals surface area contributed by atoms with Gasteiger partial charge in [-0.15, -0.1) is 0 Å². The molecule has 3 nitrogen and oxygen atoms in total. The van der Waals surface area contributed by atoms with Gasteiger partial charge in [-0.1, -0.05) is 54.6 Å². The van der Waals surface area contributed by atoms with Crippen molar-refractivity contribution in [3.8, 4) is 0 Å². The minimum Gasteiger partial charge on any atom is -0.357 e. The minimum absolute atomic E-state index is 0.0716. The van der Waals surface area contributed by atoms with Gasteiger partial charge in [-0.3, -0.25) is 4.79 Å². The van der Waals surface area contributed by atoms with Crippen molar-refractivity contribution < 1.29 is 4.79 Å². The Bertz CT molecular complexity index is 743. The molecule has 0 unspecified atom stereocenters. The van der Waals surface area contributed by atoms with Crippen molar-refractivity contribution in [1.82, 2.24) is 5.32 Å². The fourth-order valence-corrected chi connectivity index (χ4v) is 3.48. The Balaban J connectivity index is 1.69. The van der Waals surface area contributed by atoms with E-state index in [9.17, 15) is 4.79 Å². The number of hydrogen-bond acceptors (Lipinski definition) is 3. The molecule has 0 aromatic heterocycles. The molecule has 0 aliphatic carbocycles. The number of rotatable bonds is 4. The summed E-state index contributed by atoms with van der Waals surface area (Å²) in [4.78, 5) is 12.8. The van der Waals surface area contributed by atoms with Crippen LogP contribution in [0.3, 0.4) is 0 Å².